The number of nitrogens with zero attached hydrogens (tertiary/aromatic N) is 3. The van der Waals surface area contributed by atoms with Crippen LogP contribution < -0.4 is 0 Å². The lowest BCUT2D eigenvalue weighted by Gasteiger charge is -2.05. The van der Waals surface area contributed by atoms with Crippen LogP contribution in [-0.2, 0) is 11.3 Å². The van der Waals surface area contributed by atoms with Crippen LogP contribution in [0.15, 0.2) is 55.2 Å². The van der Waals surface area contributed by atoms with Gasteiger partial charge in [0.1, 0.15) is 12.9 Å². The quantitative estimate of drug-likeness (QED) is 0.680. The number of benzene rings is 1. The molecule has 3 rings (SSSR count). The Kier molecular flexibility index (Phi) is 3.33. The van der Waals surface area contributed by atoms with Gasteiger partial charge in [0.2, 0.25) is 0 Å². The Morgan fingerprint density at radius 1 is 1.10 bits per heavy atom. The average molecular weight is 265 g/mol. The van der Waals surface area contributed by atoms with E-state index in [1.165, 1.54) is 6.33 Å². The molecule has 0 saturated carbocycles. The molecule has 0 atom stereocenters. The Balaban J connectivity index is 1.75. The first-order valence-corrected chi connectivity index (χ1v) is 6.09. The Bertz CT molecular complexity index is 744. The standard InChI is InChI=1S/C15H11N3O2/c19-15(20-9-11-3-5-16-6-4-11)12-1-2-14-13(7-12)8-17-10-18-14/h1-8,10H,9H2. The lowest BCUT2D eigenvalue weighted by atomic mass is 10.1. The van der Waals surface area contributed by atoms with Crippen molar-refractivity contribution in [3.63, 3.8) is 0 Å². The highest BCUT2D eigenvalue weighted by atomic mass is 16.5. The number of carbonyl (C=O) groups is 1. The fraction of sp³-hybridized carbons (Fsp3) is 0.0667. The van der Waals surface area contributed by atoms with Gasteiger partial charge in [-0.1, -0.05) is 0 Å². The smallest absolute Gasteiger partial charge is 0.338 e. The van der Waals surface area contributed by atoms with Gasteiger partial charge in [-0.05, 0) is 35.9 Å². The van der Waals surface area contributed by atoms with Gasteiger partial charge in [0.05, 0.1) is 11.1 Å². The maximum atomic E-state index is 12.0. The lowest BCUT2D eigenvalue weighted by molar-refractivity contribution is 0.0473. The fourth-order valence-electron chi connectivity index (χ4n) is 1.82. The van der Waals surface area contributed by atoms with Gasteiger partial charge in [-0.25, -0.2) is 14.8 Å². The molecule has 0 bridgehead atoms. The molecule has 5 nitrogen and oxygen atoms in total. The molecule has 0 N–H and O–H groups in total. The summed E-state index contributed by atoms with van der Waals surface area (Å²) in [6.45, 7) is 0.227. The number of ether oxygens (including phenoxy) is 1. The van der Waals surface area contributed by atoms with E-state index in [2.05, 4.69) is 15.0 Å². The Morgan fingerprint density at radius 3 is 2.80 bits per heavy atom. The summed E-state index contributed by atoms with van der Waals surface area (Å²) in [5.74, 6) is -0.368. The Morgan fingerprint density at radius 2 is 1.95 bits per heavy atom. The molecule has 5 heteroatoms. The highest BCUT2D eigenvalue weighted by Crippen LogP contribution is 2.13. The van der Waals surface area contributed by atoms with Crippen molar-refractivity contribution in [3.05, 3.63) is 66.4 Å². The number of hydrogen-bond donors (Lipinski definition) is 0. The van der Waals surface area contributed by atoms with E-state index in [4.69, 9.17) is 4.74 Å². The molecule has 2 aromatic heterocycles. The molecule has 0 aliphatic heterocycles. The van der Waals surface area contributed by atoms with Crippen LogP contribution in [0.2, 0.25) is 0 Å². The van der Waals surface area contributed by atoms with E-state index in [9.17, 15) is 4.79 Å². The molecule has 0 aliphatic rings. The molecule has 0 spiro atoms. The van der Waals surface area contributed by atoms with Gasteiger partial charge >= 0.3 is 5.97 Å². The first kappa shape index (κ1) is 12.2. The first-order chi connectivity index (χ1) is 9.83. The molecule has 2 heterocycles. The topological polar surface area (TPSA) is 65.0 Å². The Hall–Kier alpha value is -2.82. The summed E-state index contributed by atoms with van der Waals surface area (Å²) in [6, 6.07) is 8.82. The summed E-state index contributed by atoms with van der Waals surface area (Å²) in [5.41, 5.74) is 2.18. The third-order valence-electron chi connectivity index (χ3n) is 2.86. The largest absolute Gasteiger partial charge is 0.457 e. The number of hydrogen-bond acceptors (Lipinski definition) is 5. The minimum Gasteiger partial charge on any atom is -0.457 e. The van der Waals surface area contributed by atoms with E-state index in [-0.39, 0.29) is 12.6 Å². The number of pyridine rings is 1. The third-order valence-corrected chi connectivity index (χ3v) is 2.86. The molecule has 0 radical (unpaired) electrons. The predicted molar refractivity (Wildman–Crippen MR) is 72.9 cm³/mol. The van der Waals surface area contributed by atoms with Gasteiger partial charge in [0, 0.05) is 24.0 Å². The number of carbonyl (C=O) groups excluding carboxylic acids is 1. The average Bonchev–Trinajstić information content (AvgIpc) is 2.53. The van der Waals surface area contributed by atoms with Crippen LogP contribution in [0.1, 0.15) is 15.9 Å². The second kappa shape index (κ2) is 5.44. The van der Waals surface area contributed by atoms with Gasteiger partial charge in [-0.2, -0.15) is 0 Å². The van der Waals surface area contributed by atoms with E-state index >= 15 is 0 Å². The maximum Gasteiger partial charge on any atom is 0.338 e. The number of fused-ring (bicyclic) bond motifs is 1. The van der Waals surface area contributed by atoms with Crippen molar-refractivity contribution in [1.29, 1.82) is 0 Å². The summed E-state index contributed by atoms with van der Waals surface area (Å²) < 4.78 is 5.26. The van der Waals surface area contributed by atoms with Crippen LogP contribution in [-0.4, -0.2) is 20.9 Å². The van der Waals surface area contributed by atoms with Crippen molar-refractivity contribution < 1.29 is 9.53 Å². The molecule has 3 aromatic rings. The van der Waals surface area contributed by atoms with Crippen molar-refractivity contribution in [2.75, 3.05) is 0 Å². The molecule has 98 valence electrons. The van der Waals surface area contributed by atoms with Crippen LogP contribution in [0.5, 0.6) is 0 Å². The molecule has 0 saturated heterocycles. The molecule has 0 aliphatic carbocycles. The summed E-state index contributed by atoms with van der Waals surface area (Å²) in [4.78, 5) is 23.9. The van der Waals surface area contributed by atoms with E-state index in [1.54, 1.807) is 36.8 Å². The van der Waals surface area contributed by atoms with Gasteiger partial charge in [-0.15, -0.1) is 0 Å². The van der Waals surface area contributed by atoms with Crippen molar-refractivity contribution >= 4 is 16.9 Å². The lowest BCUT2D eigenvalue weighted by Crippen LogP contribution is -2.05. The zero-order valence-corrected chi connectivity index (χ0v) is 10.6. The summed E-state index contributed by atoms with van der Waals surface area (Å²) >= 11 is 0. The van der Waals surface area contributed by atoms with Crippen molar-refractivity contribution in [1.82, 2.24) is 15.0 Å². The van der Waals surface area contributed by atoms with Crippen molar-refractivity contribution in [2.45, 2.75) is 6.61 Å². The molecule has 20 heavy (non-hydrogen) atoms. The predicted octanol–water partition coefficient (Wildman–Crippen LogP) is 2.38. The monoisotopic (exact) mass is 265 g/mol. The molecular weight excluding hydrogens is 254 g/mol. The zero-order valence-electron chi connectivity index (χ0n) is 10.6. The zero-order chi connectivity index (χ0) is 13.8. The van der Waals surface area contributed by atoms with Crippen LogP contribution in [0, 0.1) is 0 Å². The SMILES string of the molecule is O=C(OCc1ccncc1)c1ccc2ncncc2c1. The molecular formula is C15H11N3O2. The van der Waals surface area contributed by atoms with Gasteiger partial charge in [0.15, 0.2) is 0 Å². The maximum absolute atomic E-state index is 12.0. The van der Waals surface area contributed by atoms with Crippen molar-refractivity contribution in [2.24, 2.45) is 0 Å². The summed E-state index contributed by atoms with van der Waals surface area (Å²) in [7, 11) is 0. The summed E-state index contributed by atoms with van der Waals surface area (Å²) in [5, 5.41) is 0.811. The minimum atomic E-state index is -0.368. The highest BCUT2D eigenvalue weighted by molar-refractivity contribution is 5.94. The third kappa shape index (κ3) is 2.61. The molecule has 0 unspecified atom stereocenters. The fourth-order valence-corrected chi connectivity index (χ4v) is 1.82. The van der Waals surface area contributed by atoms with Crippen LogP contribution in [0.3, 0.4) is 0 Å². The molecule has 0 fully saturated rings. The van der Waals surface area contributed by atoms with E-state index in [0.717, 1.165) is 16.5 Å². The van der Waals surface area contributed by atoms with E-state index < -0.39 is 0 Å². The summed E-state index contributed by atoms with van der Waals surface area (Å²) in [6.07, 6.45) is 6.47. The second-order valence-corrected chi connectivity index (χ2v) is 4.23. The highest BCUT2D eigenvalue weighted by Gasteiger charge is 2.08. The minimum absolute atomic E-state index is 0.227. The van der Waals surface area contributed by atoms with E-state index in [1.807, 2.05) is 12.1 Å². The molecule has 0 amide bonds. The normalized spacial score (nSPS) is 10.4. The van der Waals surface area contributed by atoms with E-state index in [0.29, 0.717) is 5.56 Å². The number of aromatic nitrogens is 3. The van der Waals surface area contributed by atoms with Gasteiger partial charge in [0.25, 0.3) is 0 Å². The van der Waals surface area contributed by atoms with Gasteiger partial charge in [-0.3, -0.25) is 4.98 Å². The molecule has 1 aromatic carbocycles. The number of esters is 1. The van der Waals surface area contributed by atoms with Crippen molar-refractivity contribution in [3.8, 4) is 0 Å². The van der Waals surface area contributed by atoms with Crippen LogP contribution in [0.4, 0.5) is 0 Å². The Labute approximate surface area is 115 Å². The second-order valence-electron chi connectivity index (χ2n) is 4.23. The van der Waals surface area contributed by atoms with Gasteiger partial charge < -0.3 is 4.74 Å². The van der Waals surface area contributed by atoms with Crippen LogP contribution in [0.25, 0.3) is 10.9 Å². The van der Waals surface area contributed by atoms with Crippen LogP contribution >= 0.6 is 0 Å². The first-order valence-electron chi connectivity index (χ1n) is 6.09. The number of rotatable bonds is 3.